The van der Waals surface area contributed by atoms with Gasteiger partial charge >= 0.3 is 5.97 Å². The number of aromatic nitrogens is 3. The highest BCUT2D eigenvalue weighted by Gasteiger charge is 2.12. The van der Waals surface area contributed by atoms with E-state index in [1.54, 1.807) is 42.7 Å². The van der Waals surface area contributed by atoms with Crippen molar-refractivity contribution >= 4 is 29.3 Å². The molecule has 28 heavy (non-hydrogen) atoms. The van der Waals surface area contributed by atoms with E-state index in [9.17, 15) is 9.59 Å². The van der Waals surface area contributed by atoms with Crippen LogP contribution in [-0.2, 0) is 9.53 Å². The van der Waals surface area contributed by atoms with E-state index < -0.39 is 0 Å². The van der Waals surface area contributed by atoms with Gasteiger partial charge in [0, 0.05) is 18.1 Å². The molecule has 0 fully saturated rings. The van der Waals surface area contributed by atoms with Crippen LogP contribution in [0.1, 0.15) is 23.7 Å². The van der Waals surface area contributed by atoms with Crippen molar-refractivity contribution in [2.45, 2.75) is 18.6 Å². The Morgan fingerprint density at radius 2 is 2.00 bits per heavy atom. The molecule has 3 rings (SSSR count). The molecule has 1 aromatic carbocycles. The summed E-state index contributed by atoms with van der Waals surface area (Å²) in [5, 5.41) is 10.9. The van der Waals surface area contributed by atoms with Gasteiger partial charge in [-0.1, -0.05) is 18.7 Å². The molecule has 0 bridgehead atoms. The minimum Gasteiger partial charge on any atom is -0.462 e. The second-order valence-electron chi connectivity index (χ2n) is 5.66. The number of hydrogen-bond donors (Lipinski definition) is 1. The summed E-state index contributed by atoms with van der Waals surface area (Å²) in [5.74, 6) is -0.153. The minimum atomic E-state index is -0.379. The van der Waals surface area contributed by atoms with Crippen molar-refractivity contribution in [3.8, 4) is 11.5 Å². The van der Waals surface area contributed by atoms with Crippen LogP contribution < -0.4 is 5.32 Å². The Bertz CT molecular complexity index is 929. The van der Waals surface area contributed by atoms with Gasteiger partial charge in [-0.15, -0.1) is 10.2 Å². The van der Waals surface area contributed by atoms with E-state index in [0.717, 1.165) is 18.2 Å². The van der Waals surface area contributed by atoms with Crippen LogP contribution in [0.25, 0.3) is 11.5 Å². The van der Waals surface area contributed by atoms with Gasteiger partial charge in [-0.3, -0.25) is 9.78 Å². The maximum Gasteiger partial charge on any atom is 0.338 e. The van der Waals surface area contributed by atoms with E-state index >= 15 is 0 Å². The predicted octanol–water partition coefficient (Wildman–Crippen LogP) is 3.43. The number of nitrogens with zero attached hydrogens (tertiary/aromatic N) is 3. The molecule has 0 radical (unpaired) electrons. The standard InChI is InChI=1S/C19H18N4O4S/c1-2-10-26-18(25)13-5-7-15(8-6-13)21-16(24)12-28-19-23-22-17(27-19)14-4-3-9-20-11-14/h3-9,11H,2,10,12H2,1H3,(H,21,24). The summed E-state index contributed by atoms with van der Waals surface area (Å²) in [6.45, 7) is 2.31. The number of pyridine rings is 1. The number of esters is 1. The van der Waals surface area contributed by atoms with Crippen molar-refractivity contribution in [1.29, 1.82) is 0 Å². The fourth-order valence-corrected chi connectivity index (χ4v) is 2.73. The molecule has 0 spiro atoms. The number of benzene rings is 1. The lowest BCUT2D eigenvalue weighted by Crippen LogP contribution is -2.14. The van der Waals surface area contributed by atoms with E-state index in [1.165, 1.54) is 0 Å². The molecule has 0 atom stereocenters. The fourth-order valence-electron chi connectivity index (χ4n) is 2.17. The normalized spacial score (nSPS) is 10.5. The van der Waals surface area contributed by atoms with Crippen molar-refractivity contribution < 1.29 is 18.7 Å². The molecular formula is C19H18N4O4S. The number of rotatable bonds is 8. The van der Waals surface area contributed by atoms with E-state index in [4.69, 9.17) is 9.15 Å². The van der Waals surface area contributed by atoms with Crippen LogP contribution in [0.2, 0.25) is 0 Å². The number of thioether (sulfide) groups is 1. The zero-order valence-electron chi connectivity index (χ0n) is 15.1. The topological polar surface area (TPSA) is 107 Å². The number of carbonyl (C=O) groups is 2. The van der Waals surface area contributed by atoms with Crippen molar-refractivity contribution in [1.82, 2.24) is 15.2 Å². The van der Waals surface area contributed by atoms with Gasteiger partial charge < -0.3 is 14.5 Å². The first-order valence-electron chi connectivity index (χ1n) is 8.59. The minimum absolute atomic E-state index is 0.106. The van der Waals surface area contributed by atoms with Crippen molar-refractivity contribution in [2.75, 3.05) is 17.7 Å². The van der Waals surface area contributed by atoms with E-state index in [-0.39, 0.29) is 17.6 Å². The van der Waals surface area contributed by atoms with Gasteiger partial charge in [-0.25, -0.2) is 4.79 Å². The molecular weight excluding hydrogens is 380 g/mol. The fraction of sp³-hybridized carbons (Fsp3) is 0.211. The molecule has 0 aliphatic heterocycles. The summed E-state index contributed by atoms with van der Waals surface area (Å²) in [4.78, 5) is 27.9. The lowest BCUT2D eigenvalue weighted by atomic mass is 10.2. The summed E-state index contributed by atoms with van der Waals surface area (Å²) in [6.07, 6.45) is 4.04. The molecule has 1 N–H and O–H groups in total. The maximum atomic E-state index is 12.1. The number of nitrogens with one attached hydrogen (secondary N) is 1. The van der Waals surface area contributed by atoms with Crippen molar-refractivity contribution in [2.24, 2.45) is 0 Å². The van der Waals surface area contributed by atoms with Crippen molar-refractivity contribution in [3.63, 3.8) is 0 Å². The van der Waals surface area contributed by atoms with Crippen LogP contribution in [0, 0.1) is 0 Å². The maximum absolute atomic E-state index is 12.1. The van der Waals surface area contributed by atoms with Gasteiger partial charge in [-0.05, 0) is 42.8 Å². The molecule has 2 aromatic heterocycles. The van der Waals surface area contributed by atoms with Crippen LogP contribution >= 0.6 is 11.8 Å². The third kappa shape index (κ3) is 5.40. The molecule has 3 aromatic rings. The SMILES string of the molecule is CCCOC(=O)c1ccc(NC(=O)CSc2nnc(-c3cccnc3)o2)cc1. The molecule has 0 saturated heterocycles. The highest BCUT2D eigenvalue weighted by molar-refractivity contribution is 7.99. The molecule has 0 aliphatic rings. The molecule has 144 valence electrons. The Labute approximate surface area is 165 Å². The number of hydrogen-bond acceptors (Lipinski definition) is 8. The molecule has 0 saturated carbocycles. The number of ether oxygens (including phenoxy) is 1. The lowest BCUT2D eigenvalue weighted by Gasteiger charge is -2.06. The first kappa shape index (κ1) is 19.6. The Kier molecular flexibility index (Phi) is 6.74. The summed E-state index contributed by atoms with van der Waals surface area (Å²) >= 11 is 1.13. The van der Waals surface area contributed by atoms with Crippen LogP contribution in [-0.4, -0.2) is 39.4 Å². The lowest BCUT2D eigenvalue weighted by molar-refractivity contribution is -0.113. The number of amides is 1. The average molecular weight is 398 g/mol. The zero-order valence-corrected chi connectivity index (χ0v) is 15.9. The van der Waals surface area contributed by atoms with Gasteiger partial charge in [-0.2, -0.15) is 0 Å². The Morgan fingerprint density at radius 3 is 2.71 bits per heavy atom. The quantitative estimate of drug-likeness (QED) is 0.454. The Morgan fingerprint density at radius 1 is 1.18 bits per heavy atom. The van der Waals surface area contributed by atoms with Crippen LogP contribution in [0.4, 0.5) is 5.69 Å². The van der Waals surface area contributed by atoms with Gasteiger partial charge in [0.25, 0.3) is 5.22 Å². The number of carbonyl (C=O) groups excluding carboxylic acids is 2. The van der Waals surface area contributed by atoms with Gasteiger partial charge in [0.05, 0.1) is 23.5 Å². The van der Waals surface area contributed by atoms with Gasteiger partial charge in [0.2, 0.25) is 11.8 Å². The highest BCUT2D eigenvalue weighted by Crippen LogP contribution is 2.22. The molecule has 8 nitrogen and oxygen atoms in total. The highest BCUT2D eigenvalue weighted by atomic mass is 32.2. The summed E-state index contributed by atoms with van der Waals surface area (Å²) in [6, 6.07) is 10.1. The summed E-state index contributed by atoms with van der Waals surface area (Å²) < 4.78 is 10.6. The van der Waals surface area contributed by atoms with E-state index in [2.05, 4.69) is 20.5 Å². The average Bonchev–Trinajstić information content (AvgIpc) is 3.21. The third-order valence-corrected chi connectivity index (χ3v) is 4.30. The second kappa shape index (κ2) is 9.65. The predicted molar refractivity (Wildman–Crippen MR) is 104 cm³/mol. The monoisotopic (exact) mass is 398 g/mol. The molecule has 0 aliphatic carbocycles. The number of anilines is 1. The van der Waals surface area contributed by atoms with Crippen molar-refractivity contribution in [3.05, 3.63) is 54.4 Å². The van der Waals surface area contributed by atoms with E-state index in [0.29, 0.717) is 34.5 Å². The Hall–Kier alpha value is -3.20. The second-order valence-corrected chi connectivity index (χ2v) is 6.59. The first-order chi connectivity index (χ1) is 13.7. The largest absolute Gasteiger partial charge is 0.462 e. The Balaban J connectivity index is 1.49. The third-order valence-electron chi connectivity index (χ3n) is 3.48. The van der Waals surface area contributed by atoms with Gasteiger partial charge in [0.15, 0.2) is 0 Å². The smallest absolute Gasteiger partial charge is 0.338 e. The molecule has 1 amide bonds. The molecule has 9 heteroatoms. The van der Waals surface area contributed by atoms with Crippen LogP contribution in [0.5, 0.6) is 0 Å². The summed E-state index contributed by atoms with van der Waals surface area (Å²) in [5.41, 5.74) is 1.73. The van der Waals surface area contributed by atoms with Crippen LogP contribution in [0.15, 0.2) is 58.4 Å². The first-order valence-corrected chi connectivity index (χ1v) is 9.58. The summed E-state index contributed by atoms with van der Waals surface area (Å²) in [7, 11) is 0. The van der Waals surface area contributed by atoms with Gasteiger partial charge in [0.1, 0.15) is 0 Å². The molecule has 2 heterocycles. The van der Waals surface area contributed by atoms with Crippen LogP contribution in [0.3, 0.4) is 0 Å². The molecule has 0 unspecified atom stereocenters. The zero-order chi connectivity index (χ0) is 19.8. The van der Waals surface area contributed by atoms with E-state index in [1.807, 2.05) is 13.0 Å².